The minimum Gasteiger partial charge on any atom is -0.396 e. The monoisotopic (exact) mass is 298 g/mol. The molecule has 118 valence electrons. The largest absolute Gasteiger partial charge is 0.396 e. The average Bonchev–Trinajstić information content (AvgIpc) is 2.93. The molecular formula is C19H26N2O. The molecule has 1 aromatic carbocycles. The Bertz CT molecular complexity index is 673. The summed E-state index contributed by atoms with van der Waals surface area (Å²) in [6, 6.07) is 9.16. The Hall–Kier alpha value is -1.32. The lowest BCUT2D eigenvalue weighted by Gasteiger charge is -2.52. The Morgan fingerprint density at radius 2 is 2.18 bits per heavy atom. The second kappa shape index (κ2) is 5.39. The fourth-order valence-electron chi connectivity index (χ4n) is 5.03. The number of H-pyrrole nitrogens is 1. The molecule has 22 heavy (non-hydrogen) atoms. The van der Waals surface area contributed by atoms with E-state index in [1.807, 2.05) is 0 Å². The van der Waals surface area contributed by atoms with Crippen molar-refractivity contribution in [3.63, 3.8) is 0 Å². The van der Waals surface area contributed by atoms with Crippen LogP contribution in [-0.4, -0.2) is 34.7 Å². The smallest absolute Gasteiger partial charge is 0.0559 e. The van der Waals surface area contributed by atoms with Gasteiger partial charge in [0.2, 0.25) is 0 Å². The van der Waals surface area contributed by atoms with Crippen LogP contribution in [0.15, 0.2) is 24.3 Å². The van der Waals surface area contributed by atoms with Gasteiger partial charge in [0.15, 0.2) is 0 Å². The molecule has 2 aliphatic heterocycles. The molecule has 3 heteroatoms. The van der Waals surface area contributed by atoms with Crippen molar-refractivity contribution in [3.8, 4) is 0 Å². The molecule has 2 aliphatic rings. The van der Waals surface area contributed by atoms with Crippen LogP contribution in [0, 0.1) is 5.41 Å². The van der Waals surface area contributed by atoms with Gasteiger partial charge in [-0.05, 0) is 55.7 Å². The Labute approximate surface area is 132 Å². The van der Waals surface area contributed by atoms with E-state index in [4.69, 9.17) is 0 Å². The number of hydrogen-bond donors (Lipinski definition) is 2. The molecule has 1 saturated heterocycles. The van der Waals surface area contributed by atoms with Crippen LogP contribution in [0.3, 0.4) is 0 Å². The number of aliphatic hydroxyl groups is 1. The molecule has 2 aromatic rings. The van der Waals surface area contributed by atoms with E-state index in [0.717, 1.165) is 25.8 Å². The van der Waals surface area contributed by atoms with E-state index in [1.54, 1.807) is 0 Å². The molecule has 0 saturated carbocycles. The van der Waals surface area contributed by atoms with Crippen molar-refractivity contribution in [1.29, 1.82) is 0 Å². The highest BCUT2D eigenvalue weighted by molar-refractivity contribution is 5.85. The number of rotatable bonds is 3. The van der Waals surface area contributed by atoms with Crippen LogP contribution in [-0.2, 0) is 6.42 Å². The molecule has 0 amide bonds. The van der Waals surface area contributed by atoms with Gasteiger partial charge < -0.3 is 10.1 Å². The number of aliphatic hydroxyl groups excluding tert-OH is 1. The predicted molar refractivity (Wildman–Crippen MR) is 90.0 cm³/mol. The zero-order valence-electron chi connectivity index (χ0n) is 13.4. The van der Waals surface area contributed by atoms with E-state index in [9.17, 15) is 5.11 Å². The Morgan fingerprint density at radius 1 is 1.32 bits per heavy atom. The van der Waals surface area contributed by atoms with Crippen LogP contribution in [0.2, 0.25) is 0 Å². The molecule has 1 fully saturated rings. The number of hydrogen-bond acceptors (Lipinski definition) is 2. The van der Waals surface area contributed by atoms with Crippen LogP contribution in [0.4, 0.5) is 0 Å². The lowest BCUT2D eigenvalue weighted by Crippen LogP contribution is -2.49. The van der Waals surface area contributed by atoms with Gasteiger partial charge in [-0.2, -0.15) is 0 Å². The Kier molecular flexibility index (Phi) is 3.50. The highest BCUT2D eigenvalue weighted by Gasteiger charge is 2.46. The SMILES string of the molecule is CCC1(CCO)CCCN2CCc3c([nH]c4ccccc34)C21. The van der Waals surface area contributed by atoms with Crippen LogP contribution in [0.25, 0.3) is 10.9 Å². The van der Waals surface area contributed by atoms with Gasteiger partial charge in [0.1, 0.15) is 0 Å². The van der Waals surface area contributed by atoms with Crippen molar-refractivity contribution in [2.75, 3.05) is 19.7 Å². The third-order valence-corrected chi connectivity index (χ3v) is 6.15. The summed E-state index contributed by atoms with van der Waals surface area (Å²) in [6.45, 7) is 4.96. The molecule has 2 atom stereocenters. The lowest BCUT2D eigenvalue weighted by atomic mass is 9.66. The minimum atomic E-state index is 0.225. The summed E-state index contributed by atoms with van der Waals surface area (Å²) in [5.74, 6) is 0. The van der Waals surface area contributed by atoms with Crippen LogP contribution in [0.1, 0.15) is 49.9 Å². The van der Waals surface area contributed by atoms with Crippen molar-refractivity contribution in [2.24, 2.45) is 5.41 Å². The third kappa shape index (κ3) is 1.95. The molecular weight excluding hydrogens is 272 g/mol. The Morgan fingerprint density at radius 3 is 3.00 bits per heavy atom. The van der Waals surface area contributed by atoms with Gasteiger partial charge in [-0.15, -0.1) is 0 Å². The van der Waals surface area contributed by atoms with E-state index < -0.39 is 0 Å². The van der Waals surface area contributed by atoms with Crippen LogP contribution < -0.4 is 0 Å². The molecule has 4 rings (SSSR count). The molecule has 1 aromatic heterocycles. The van der Waals surface area contributed by atoms with E-state index in [-0.39, 0.29) is 5.41 Å². The highest BCUT2D eigenvalue weighted by atomic mass is 16.3. The fraction of sp³-hybridized carbons (Fsp3) is 0.579. The maximum absolute atomic E-state index is 9.66. The molecule has 3 heterocycles. The molecule has 2 unspecified atom stereocenters. The number of para-hydroxylation sites is 1. The summed E-state index contributed by atoms with van der Waals surface area (Å²) in [5.41, 5.74) is 4.45. The fourth-order valence-corrected chi connectivity index (χ4v) is 5.03. The maximum atomic E-state index is 9.66. The van der Waals surface area contributed by atoms with E-state index in [2.05, 4.69) is 41.1 Å². The first kappa shape index (κ1) is 14.3. The van der Waals surface area contributed by atoms with Crippen molar-refractivity contribution in [3.05, 3.63) is 35.5 Å². The van der Waals surface area contributed by atoms with Gasteiger partial charge in [-0.25, -0.2) is 0 Å². The van der Waals surface area contributed by atoms with E-state index >= 15 is 0 Å². The Balaban J connectivity index is 1.88. The van der Waals surface area contributed by atoms with Crippen molar-refractivity contribution >= 4 is 10.9 Å². The average molecular weight is 298 g/mol. The quantitative estimate of drug-likeness (QED) is 0.908. The zero-order chi connectivity index (χ0) is 15.2. The van der Waals surface area contributed by atoms with Crippen LogP contribution in [0.5, 0.6) is 0 Å². The standard InChI is InChI=1S/C19H26N2O/c1-2-19(10-13-22)9-5-11-21-12-8-15-14-6-3-4-7-16(14)20-17(15)18(19)21/h3-4,6-7,18,20,22H,2,5,8-13H2,1H3. The summed E-state index contributed by atoms with van der Waals surface area (Å²) in [6.07, 6.45) is 5.71. The number of aromatic amines is 1. The minimum absolute atomic E-state index is 0.225. The first-order valence-electron chi connectivity index (χ1n) is 8.73. The summed E-state index contributed by atoms with van der Waals surface area (Å²) >= 11 is 0. The molecule has 0 spiro atoms. The topological polar surface area (TPSA) is 39.3 Å². The highest BCUT2D eigenvalue weighted by Crippen LogP contribution is 2.53. The van der Waals surface area contributed by atoms with Gasteiger partial charge in [0, 0.05) is 29.7 Å². The van der Waals surface area contributed by atoms with E-state index in [0.29, 0.717) is 12.6 Å². The summed E-state index contributed by atoms with van der Waals surface area (Å²) < 4.78 is 0. The normalized spacial score (nSPS) is 28.5. The lowest BCUT2D eigenvalue weighted by molar-refractivity contribution is -0.0169. The molecule has 0 aliphatic carbocycles. The summed E-state index contributed by atoms with van der Waals surface area (Å²) in [7, 11) is 0. The maximum Gasteiger partial charge on any atom is 0.0559 e. The molecule has 0 radical (unpaired) electrons. The van der Waals surface area contributed by atoms with Crippen molar-refractivity contribution in [1.82, 2.24) is 9.88 Å². The number of nitrogens with one attached hydrogen (secondary N) is 1. The number of nitrogens with zero attached hydrogens (tertiary/aromatic N) is 1. The van der Waals surface area contributed by atoms with Crippen LogP contribution >= 0.6 is 0 Å². The van der Waals surface area contributed by atoms with Crippen molar-refractivity contribution in [2.45, 2.75) is 45.1 Å². The van der Waals surface area contributed by atoms with Gasteiger partial charge in [-0.3, -0.25) is 4.90 Å². The number of aromatic nitrogens is 1. The van der Waals surface area contributed by atoms with E-state index in [1.165, 1.54) is 41.5 Å². The summed E-state index contributed by atoms with van der Waals surface area (Å²) in [4.78, 5) is 6.41. The third-order valence-electron chi connectivity index (χ3n) is 6.15. The molecule has 0 bridgehead atoms. The van der Waals surface area contributed by atoms with Gasteiger partial charge >= 0.3 is 0 Å². The van der Waals surface area contributed by atoms with Crippen molar-refractivity contribution < 1.29 is 5.11 Å². The predicted octanol–water partition coefficient (Wildman–Crippen LogP) is 3.64. The van der Waals surface area contributed by atoms with Gasteiger partial charge in [0.25, 0.3) is 0 Å². The summed E-state index contributed by atoms with van der Waals surface area (Å²) in [5, 5.41) is 11.1. The van der Waals surface area contributed by atoms with Gasteiger partial charge in [0.05, 0.1) is 6.04 Å². The second-order valence-electron chi connectivity index (χ2n) is 7.04. The number of fused-ring (bicyclic) bond motifs is 5. The molecule has 2 N–H and O–H groups in total. The number of piperidine rings is 1. The molecule has 3 nitrogen and oxygen atoms in total. The first-order valence-corrected chi connectivity index (χ1v) is 8.73. The number of benzene rings is 1. The zero-order valence-corrected chi connectivity index (χ0v) is 13.4. The second-order valence-corrected chi connectivity index (χ2v) is 7.04. The first-order chi connectivity index (χ1) is 10.8. The van der Waals surface area contributed by atoms with Gasteiger partial charge in [-0.1, -0.05) is 25.1 Å².